The summed E-state index contributed by atoms with van der Waals surface area (Å²) in [5.74, 6) is 0.0977. The first-order valence-electron chi connectivity index (χ1n) is 8.22. The van der Waals surface area contributed by atoms with E-state index < -0.39 is 0 Å². The van der Waals surface area contributed by atoms with Gasteiger partial charge in [-0.2, -0.15) is 0 Å². The minimum atomic E-state index is -0.0214. The Bertz CT molecular complexity index is 475. The average molecular weight is 287 g/mol. The second kappa shape index (κ2) is 6.94. The van der Waals surface area contributed by atoms with E-state index in [1.165, 1.54) is 31.4 Å². The first kappa shape index (κ1) is 14.4. The third-order valence-corrected chi connectivity index (χ3v) is 4.46. The lowest BCUT2D eigenvalue weighted by atomic mass is 10.2. The molecule has 2 aliphatic rings. The van der Waals surface area contributed by atoms with Crippen molar-refractivity contribution in [1.82, 2.24) is 5.32 Å². The molecular formula is C17H25N3O. The first-order chi connectivity index (χ1) is 10.3. The van der Waals surface area contributed by atoms with Gasteiger partial charge in [0.1, 0.15) is 0 Å². The minimum Gasteiger partial charge on any atom is -0.371 e. The van der Waals surface area contributed by atoms with E-state index in [4.69, 9.17) is 0 Å². The molecule has 4 heteroatoms. The average Bonchev–Trinajstić information content (AvgIpc) is 2.90. The van der Waals surface area contributed by atoms with Crippen molar-refractivity contribution in [2.24, 2.45) is 0 Å². The largest absolute Gasteiger partial charge is 0.371 e. The number of nitrogens with one attached hydrogen (secondary N) is 2. The van der Waals surface area contributed by atoms with E-state index in [0.29, 0.717) is 0 Å². The molecule has 2 N–H and O–H groups in total. The molecule has 3 rings (SSSR count). The Labute approximate surface area is 126 Å². The molecule has 0 radical (unpaired) electrons. The molecule has 114 valence electrons. The maximum atomic E-state index is 12.2. The topological polar surface area (TPSA) is 44.4 Å². The SMILES string of the molecule is O=C(Nc1cccc(N2CCCCCC2)c1)C1CCCN1. The molecule has 0 bridgehead atoms. The highest BCUT2D eigenvalue weighted by Crippen LogP contribution is 2.23. The molecule has 2 heterocycles. The summed E-state index contributed by atoms with van der Waals surface area (Å²) in [6, 6.07) is 8.26. The highest BCUT2D eigenvalue weighted by atomic mass is 16.2. The summed E-state index contributed by atoms with van der Waals surface area (Å²) in [7, 11) is 0. The lowest BCUT2D eigenvalue weighted by Gasteiger charge is -2.23. The molecule has 0 spiro atoms. The van der Waals surface area contributed by atoms with E-state index in [9.17, 15) is 4.79 Å². The zero-order valence-corrected chi connectivity index (χ0v) is 12.6. The van der Waals surface area contributed by atoms with Gasteiger partial charge in [-0.1, -0.05) is 18.9 Å². The van der Waals surface area contributed by atoms with Crippen LogP contribution in [-0.2, 0) is 4.79 Å². The minimum absolute atomic E-state index is 0.0214. The van der Waals surface area contributed by atoms with Crippen LogP contribution in [0.4, 0.5) is 11.4 Å². The molecule has 1 unspecified atom stereocenters. The van der Waals surface area contributed by atoms with Crippen molar-refractivity contribution < 1.29 is 4.79 Å². The summed E-state index contributed by atoms with van der Waals surface area (Å²) in [6.45, 7) is 3.20. The second-order valence-corrected chi connectivity index (χ2v) is 6.09. The summed E-state index contributed by atoms with van der Waals surface area (Å²) in [4.78, 5) is 14.6. The van der Waals surface area contributed by atoms with Gasteiger partial charge in [-0.3, -0.25) is 4.79 Å². The van der Waals surface area contributed by atoms with E-state index in [0.717, 1.165) is 38.2 Å². The molecule has 1 aromatic carbocycles. The van der Waals surface area contributed by atoms with E-state index >= 15 is 0 Å². The Morgan fingerprint density at radius 2 is 1.95 bits per heavy atom. The zero-order chi connectivity index (χ0) is 14.5. The smallest absolute Gasteiger partial charge is 0.241 e. The van der Waals surface area contributed by atoms with Crippen molar-refractivity contribution >= 4 is 17.3 Å². The molecular weight excluding hydrogens is 262 g/mol. The standard InChI is InChI=1S/C17H25N3O/c21-17(16-9-6-10-18-16)19-14-7-5-8-15(13-14)20-11-3-1-2-4-12-20/h5,7-8,13,16,18H,1-4,6,9-12H2,(H,19,21). The van der Waals surface area contributed by atoms with Crippen LogP contribution in [0.25, 0.3) is 0 Å². The lowest BCUT2D eigenvalue weighted by molar-refractivity contribution is -0.117. The van der Waals surface area contributed by atoms with E-state index in [1.807, 2.05) is 12.1 Å². The molecule has 1 atom stereocenters. The van der Waals surface area contributed by atoms with Gasteiger partial charge in [0.05, 0.1) is 6.04 Å². The van der Waals surface area contributed by atoms with Gasteiger partial charge in [-0.15, -0.1) is 0 Å². The quantitative estimate of drug-likeness (QED) is 0.898. The monoisotopic (exact) mass is 287 g/mol. The fraction of sp³-hybridized carbons (Fsp3) is 0.588. The number of benzene rings is 1. The molecule has 2 saturated heterocycles. The fourth-order valence-electron chi connectivity index (χ4n) is 3.25. The molecule has 1 amide bonds. The summed E-state index contributed by atoms with van der Waals surface area (Å²) >= 11 is 0. The molecule has 1 aromatic rings. The van der Waals surface area contributed by atoms with Gasteiger partial charge >= 0.3 is 0 Å². The van der Waals surface area contributed by atoms with Gasteiger partial charge in [-0.05, 0) is 50.4 Å². The van der Waals surface area contributed by atoms with Crippen LogP contribution in [0.15, 0.2) is 24.3 Å². The van der Waals surface area contributed by atoms with Gasteiger partial charge in [-0.25, -0.2) is 0 Å². The highest BCUT2D eigenvalue weighted by molar-refractivity contribution is 5.95. The van der Waals surface area contributed by atoms with Crippen LogP contribution in [0.3, 0.4) is 0 Å². The summed E-state index contributed by atoms with van der Waals surface area (Å²) in [6.07, 6.45) is 7.23. The third-order valence-electron chi connectivity index (χ3n) is 4.46. The van der Waals surface area contributed by atoms with Crippen molar-refractivity contribution in [3.63, 3.8) is 0 Å². The highest BCUT2D eigenvalue weighted by Gasteiger charge is 2.22. The molecule has 0 saturated carbocycles. The Morgan fingerprint density at radius 1 is 1.14 bits per heavy atom. The van der Waals surface area contributed by atoms with Crippen LogP contribution in [-0.4, -0.2) is 31.6 Å². The van der Waals surface area contributed by atoms with Gasteiger partial charge in [0, 0.05) is 24.5 Å². The number of rotatable bonds is 3. The Kier molecular flexibility index (Phi) is 4.76. The van der Waals surface area contributed by atoms with Crippen molar-refractivity contribution in [3.05, 3.63) is 24.3 Å². The lowest BCUT2D eigenvalue weighted by Crippen LogP contribution is -2.35. The summed E-state index contributed by atoms with van der Waals surface area (Å²) < 4.78 is 0. The maximum Gasteiger partial charge on any atom is 0.241 e. The Hall–Kier alpha value is -1.55. The van der Waals surface area contributed by atoms with E-state index in [-0.39, 0.29) is 11.9 Å². The molecule has 2 aliphatic heterocycles. The molecule has 4 nitrogen and oxygen atoms in total. The Balaban J connectivity index is 1.65. The number of anilines is 2. The number of carbonyl (C=O) groups excluding carboxylic acids is 1. The van der Waals surface area contributed by atoms with Crippen LogP contribution in [0, 0.1) is 0 Å². The number of hydrogen-bond donors (Lipinski definition) is 2. The molecule has 0 aromatic heterocycles. The number of carbonyl (C=O) groups is 1. The number of nitrogens with zero attached hydrogens (tertiary/aromatic N) is 1. The third kappa shape index (κ3) is 3.76. The second-order valence-electron chi connectivity index (χ2n) is 6.09. The van der Waals surface area contributed by atoms with Gasteiger partial charge in [0.15, 0.2) is 0 Å². The van der Waals surface area contributed by atoms with E-state index in [1.54, 1.807) is 0 Å². The van der Waals surface area contributed by atoms with E-state index in [2.05, 4.69) is 27.7 Å². The number of amides is 1. The van der Waals surface area contributed by atoms with Crippen LogP contribution in [0.5, 0.6) is 0 Å². The summed E-state index contributed by atoms with van der Waals surface area (Å²) in [5, 5.41) is 6.29. The van der Waals surface area contributed by atoms with Gasteiger partial charge in [0.2, 0.25) is 5.91 Å². The summed E-state index contributed by atoms with van der Waals surface area (Å²) in [5.41, 5.74) is 2.14. The molecule has 2 fully saturated rings. The van der Waals surface area contributed by atoms with Gasteiger partial charge in [0.25, 0.3) is 0 Å². The fourth-order valence-corrected chi connectivity index (χ4v) is 3.25. The zero-order valence-electron chi connectivity index (χ0n) is 12.6. The van der Waals surface area contributed by atoms with Gasteiger partial charge < -0.3 is 15.5 Å². The molecule has 21 heavy (non-hydrogen) atoms. The van der Waals surface area contributed by atoms with Crippen molar-refractivity contribution in [2.75, 3.05) is 29.9 Å². The molecule has 0 aliphatic carbocycles. The van der Waals surface area contributed by atoms with Crippen LogP contribution >= 0.6 is 0 Å². The van der Waals surface area contributed by atoms with Crippen LogP contribution in [0.2, 0.25) is 0 Å². The first-order valence-corrected chi connectivity index (χ1v) is 8.22. The Morgan fingerprint density at radius 3 is 2.67 bits per heavy atom. The van der Waals surface area contributed by atoms with Crippen molar-refractivity contribution in [1.29, 1.82) is 0 Å². The van der Waals surface area contributed by atoms with Crippen molar-refractivity contribution in [3.8, 4) is 0 Å². The maximum absolute atomic E-state index is 12.2. The van der Waals surface area contributed by atoms with Crippen LogP contribution in [0.1, 0.15) is 38.5 Å². The predicted octanol–water partition coefficient (Wildman–Crippen LogP) is 2.76. The normalized spacial score (nSPS) is 22.9. The number of hydrogen-bond acceptors (Lipinski definition) is 3. The van der Waals surface area contributed by atoms with Crippen LogP contribution < -0.4 is 15.5 Å². The predicted molar refractivity (Wildman–Crippen MR) is 86.8 cm³/mol. The van der Waals surface area contributed by atoms with Crippen molar-refractivity contribution in [2.45, 2.75) is 44.6 Å².